The average Bonchev–Trinajstić information content (AvgIpc) is 3.40. The molecule has 2 aliphatic rings. The molecule has 3 heterocycles. The summed E-state index contributed by atoms with van der Waals surface area (Å²) in [5, 5.41) is 28.4. The van der Waals surface area contributed by atoms with Gasteiger partial charge in [0.25, 0.3) is 0 Å². The number of nitrogens with one attached hydrogen (secondary N) is 2. The first-order chi connectivity index (χ1) is 22.3. The van der Waals surface area contributed by atoms with Crippen molar-refractivity contribution in [2.75, 3.05) is 26.2 Å². The average molecular weight is 698 g/mol. The Morgan fingerprint density at radius 1 is 0.646 bits per heavy atom. The van der Waals surface area contributed by atoms with Crippen molar-refractivity contribution in [2.45, 2.75) is 25.2 Å². The minimum atomic E-state index is -5.08. The Labute approximate surface area is 264 Å². The summed E-state index contributed by atoms with van der Waals surface area (Å²) in [6, 6.07) is 4.45. The van der Waals surface area contributed by atoms with E-state index in [4.69, 9.17) is 19.8 Å². The third-order valence-electron chi connectivity index (χ3n) is 6.77. The Hall–Kier alpha value is -4.78. The van der Waals surface area contributed by atoms with Crippen molar-refractivity contribution in [2.24, 2.45) is 7.05 Å². The number of hydrogen-bond donors (Lipinski definition) is 4. The number of aromatic nitrogens is 3. The normalized spacial score (nSPS) is 14.9. The van der Waals surface area contributed by atoms with Gasteiger partial charge in [0.1, 0.15) is 23.3 Å². The van der Waals surface area contributed by atoms with E-state index in [-0.39, 0.29) is 33.9 Å². The molecular formula is C29H25F10N5O4. The lowest BCUT2D eigenvalue weighted by Crippen LogP contribution is -2.21. The quantitative estimate of drug-likeness (QED) is 0.255. The minimum Gasteiger partial charge on any atom is -0.475 e. The number of carbonyl (C=O) groups is 2. The number of hydrogen-bond acceptors (Lipinski definition) is 6. The molecule has 2 aromatic carbocycles. The molecule has 0 saturated heterocycles. The number of alkyl halides is 6. The number of benzene rings is 2. The molecular weight excluding hydrogens is 672 g/mol. The van der Waals surface area contributed by atoms with Crippen LogP contribution in [0, 0.1) is 23.3 Å². The van der Waals surface area contributed by atoms with Crippen LogP contribution in [0.4, 0.5) is 43.9 Å². The highest BCUT2D eigenvalue weighted by atomic mass is 19.4. The maximum absolute atomic E-state index is 15.0. The minimum absolute atomic E-state index is 0.0159. The van der Waals surface area contributed by atoms with Gasteiger partial charge in [-0.1, -0.05) is 12.2 Å². The van der Waals surface area contributed by atoms with Crippen molar-refractivity contribution >= 4 is 23.1 Å². The highest BCUT2D eigenvalue weighted by Crippen LogP contribution is 2.33. The van der Waals surface area contributed by atoms with Gasteiger partial charge in [-0.3, -0.25) is 0 Å². The van der Waals surface area contributed by atoms with E-state index >= 15 is 8.78 Å². The zero-order valence-corrected chi connectivity index (χ0v) is 24.5. The third kappa shape index (κ3) is 9.40. The van der Waals surface area contributed by atoms with Crippen molar-refractivity contribution in [1.82, 2.24) is 25.4 Å². The van der Waals surface area contributed by atoms with Crippen molar-refractivity contribution in [3.8, 4) is 22.8 Å². The van der Waals surface area contributed by atoms with Crippen molar-refractivity contribution in [1.29, 1.82) is 0 Å². The fraction of sp³-hybridized carbons (Fsp3) is 0.310. The second kappa shape index (κ2) is 15.4. The molecule has 4 N–H and O–H groups in total. The molecule has 1 aromatic heterocycles. The molecule has 9 nitrogen and oxygen atoms in total. The van der Waals surface area contributed by atoms with E-state index in [9.17, 15) is 35.1 Å². The Bertz CT molecular complexity index is 1610. The van der Waals surface area contributed by atoms with Gasteiger partial charge in [0, 0.05) is 31.3 Å². The number of halogens is 10. The lowest BCUT2D eigenvalue weighted by atomic mass is 9.97. The smallest absolute Gasteiger partial charge is 0.475 e. The van der Waals surface area contributed by atoms with Gasteiger partial charge in [-0.2, -0.15) is 26.3 Å². The van der Waals surface area contributed by atoms with E-state index in [1.807, 2.05) is 12.2 Å². The van der Waals surface area contributed by atoms with E-state index in [0.29, 0.717) is 39.0 Å². The first-order valence-corrected chi connectivity index (χ1v) is 13.6. The first kappa shape index (κ1) is 37.7. The molecule has 19 heteroatoms. The molecule has 0 amide bonds. The van der Waals surface area contributed by atoms with E-state index in [2.05, 4.69) is 20.8 Å². The van der Waals surface area contributed by atoms with Crippen molar-refractivity contribution < 1.29 is 63.7 Å². The summed E-state index contributed by atoms with van der Waals surface area (Å²) in [6.07, 6.45) is -5.30. The van der Waals surface area contributed by atoms with Crippen LogP contribution in [0.1, 0.15) is 24.0 Å². The van der Waals surface area contributed by atoms with Gasteiger partial charge in [0.2, 0.25) is 0 Å². The summed E-state index contributed by atoms with van der Waals surface area (Å²) in [5.41, 5.74) is 1.69. The van der Waals surface area contributed by atoms with Crippen LogP contribution < -0.4 is 10.6 Å². The van der Waals surface area contributed by atoms with Crippen LogP contribution >= 0.6 is 0 Å². The molecule has 0 bridgehead atoms. The van der Waals surface area contributed by atoms with Crippen LogP contribution in [-0.2, 0) is 16.6 Å². The molecule has 0 spiro atoms. The molecule has 0 aliphatic carbocycles. The van der Waals surface area contributed by atoms with Crippen molar-refractivity contribution in [3.05, 3.63) is 70.8 Å². The van der Waals surface area contributed by atoms with E-state index in [0.717, 1.165) is 35.4 Å². The zero-order valence-electron chi connectivity index (χ0n) is 24.5. The SMILES string of the molecule is Cn1c(-c2cc(F)c(C3=CCNCC3)cc2F)nnc1-c1cc(F)c(C2=CCNCC2)cc1F.O=C(O)C(F)(F)F.O=C(O)C(F)(F)F. The van der Waals surface area contributed by atoms with Crippen LogP contribution in [-0.4, -0.2) is 75.4 Å². The van der Waals surface area contributed by atoms with E-state index in [1.54, 1.807) is 0 Å². The summed E-state index contributed by atoms with van der Waals surface area (Å²) >= 11 is 0. The molecule has 0 saturated carbocycles. The molecule has 0 fully saturated rings. The standard InChI is InChI=1S/C25H23F4N5.2C2HF3O2/c1-34-24(18-12-20(26)16(10-22(18)28)14-2-6-30-7-3-14)32-33-25(34)19-13-21(27)17(11-23(19)29)15-4-8-31-9-5-15;2*3-2(4,5)1(6)7/h2,4,10-13,30-31H,3,5-9H2,1H3;2*(H,6,7). The van der Waals surface area contributed by atoms with Gasteiger partial charge < -0.3 is 25.4 Å². The number of nitrogens with zero attached hydrogens (tertiary/aromatic N) is 3. The fourth-order valence-electron chi connectivity index (χ4n) is 4.46. The molecule has 0 atom stereocenters. The molecule has 2 aliphatic heterocycles. The maximum Gasteiger partial charge on any atom is 0.490 e. The predicted octanol–water partition coefficient (Wildman–Crippen LogP) is 5.73. The fourth-order valence-corrected chi connectivity index (χ4v) is 4.46. The van der Waals surface area contributed by atoms with E-state index < -0.39 is 47.6 Å². The molecule has 0 unspecified atom stereocenters. The first-order valence-electron chi connectivity index (χ1n) is 13.6. The monoisotopic (exact) mass is 697 g/mol. The van der Waals surface area contributed by atoms with Crippen LogP contribution in [0.3, 0.4) is 0 Å². The molecule has 0 radical (unpaired) electrons. The summed E-state index contributed by atoms with van der Waals surface area (Å²) < 4.78 is 125. The van der Waals surface area contributed by atoms with Crippen LogP contribution in [0.25, 0.3) is 33.9 Å². The van der Waals surface area contributed by atoms with E-state index in [1.165, 1.54) is 11.6 Å². The Morgan fingerprint density at radius 2 is 0.938 bits per heavy atom. The zero-order chi connectivity index (χ0) is 36.0. The maximum atomic E-state index is 15.0. The summed E-state index contributed by atoms with van der Waals surface area (Å²) in [5.74, 6) is -7.98. The molecule has 5 rings (SSSR count). The highest BCUT2D eigenvalue weighted by Gasteiger charge is 2.39. The number of carboxylic acids is 2. The van der Waals surface area contributed by atoms with Gasteiger partial charge in [0.15, 0.2) is 11.6 Å². The van der Waals surface area contributed by atoms with Gasteiger partial charge in [-0.25, -0.2) is 27.2 Å². The molecule has 3 aromatic rings. The Balaban J connectivity index is 0.000000376. The molecule has 260 valence electrons. The lowest BCUT2D eigenvalue weighted by Gasteiger charge is -2.16. The predicted molar refractivity (Wildman–Crippen MR) is 150 cm³/mol. The van der Waals surface area contributed by atoms with Gasteiger partial charge in [-0.15, -0.1) is 10.2 Å². The van der Waals surface area contributed by atoms with Crippen LogP contribution in [0.15, 0.2) is 36.4 Å². The Morgan fingerprint density at radius 3 is 1.21 bits per heavy atom. The van der Waals surface area contributed by atoms with Crippen LogP contribution in [0.2, 0.25) is 0 Å². The number of carboxylic acid groups (broad SMARTS) is 2. The highest BCUT2D eigenvalue weighted by molar-refractivity contribution is 5.74. The van der Waals surface area contributed by atoms with Gasteiger partial charge >= 0.3 is 24.3 Å². The largest absolute Gasteiger partial charge is 0.490 e. The lowest BCUT2D eigenvalue weighted by molar-refractivity contribution is -0.193. The van der Waals surface area contributed by atoms with Gasteiger partial charge in [0.05, 0.1) is 11.1 Å². The number of rotatable bonds is 4. The second-order valence-corrected chi connectivity index (χ2v) is 10.0. The molecule has 48 heavy (non-hydrogen) atoms. The topological polar surface area (TPSA) is 129 Å². The Kier molecular flexibility index (Phi) is 12.1. The summed E-state index contributed by atoms with van der Waals surface area (Å²) in [4.78, 5) is 17.8. The van der Waals surface area contributed by atoms with Crippen molar-refractivity contribution in [3.63, 3.8) is 0 Å². The summed E-state index contributed by atoms with van der Waals surface area (Å²) in [6.45, 7) is 2.58. The summed E-state index contributed by atoms with van der Waals surface area (Å²) in [7, 11) is 1.51. The van der Waals surface area contributed by atoms with Crippen LogP contribution in [0.5, 0.6) is 0 Å². The van der Waals surface area contributed by atoms with Gasteiger partial charge in [-0.05, 0) is 61.3 Å². The third-order valence-corrected chi connectivity index (χ3v) is 6.77. The second-order valence-electron chi connectivity index (χ2n) is 10.0. The number of aliphatic carboxylic acids is 2.